The number of nitrogens with one attached hydrogen (secondary N) is 1. The third kappa shape index (κ3) is 3.48. The van der Waals surface area contributed by atoms with Crippen molar-refractivity contribution in [2.24, 2.45) is 23.5 Å². The average molecular weight is 281 g/mol. The summed E-state index contributed by atoms with van der Waals surface area (Å²) in [7, 11) is 0. The van der Waals surface area contributed by atoms with E-state index in [1.807, 2.05) is 24.3 Å². The molecule has 0 bridgehead atoms. The molecule has 2 fully saturated rings. The predicted octanol–water partition coefficient (Wildman–Crippen LogP) is 2.94. The Morgan fingerprint density at radius 2 is 1.68 bits per heavy atom. The first kappa shape index (κ1) is 14.4. The molecule has 0 atom stereocenters. The van der Waals surface area contributed by atoms with Gasteiger partial charge in [-0.15, -0.1) is 12.4 Å². The van der Waals surface area contributed by atoms with Gasteiger partial charge in [-0.3, -0.25) is 4.79 Å². The molecule has 3 N–H and O–H groups in total. The summed E-state index contributed by atoms with van der Waals surface area (Å²) in [4.78, 5) is 12.3. The van der Waals surface area contributed by atoms with E-state index in [2.05, 4.69) is 5.32 Å². The third-order valence-corrected chi connectivity index (χ3v) is 4.02. The zero-order valence-electron chi connectivity index (χ0n) is 11.0. The van der Waals surface area contributed by atoms with Crippen LogP contribution in [0.3, 0.4) is 0 Å². The Kier molecular flexibility index (Phi) is 4.48. The first-order chi connectivity index (χ1) is 8.78. The number of nitrogens with two attached hydrogens (primary N) is 1. The molecule has 0 saturated heterocycles. The summed E-state index contributed by atoms with van der Waals surface area (Å²) in [5.74, 6) is 1.79. The highest BCUT2D eigenvalue weighted by molar-refractivity contribution is 5.93. The van der Waals surface area contributed by atoms with Crippen LogP contribution in [0.25, 0.3) is 0 Å². The molecule has 2 saturated carbocycles. The van der Waals surface area contributed by atoms with Gasteiger partial charge in [-0.05, 0) is 55.2 Å². The van der Waals surface area contributed by atoms with E-state index in [1.165, 1.54) is 25.7 Å². The highest BCUT2D eigenvalue weighted by Crippen LogP contribution is 2.49. The lowest BCUT2D eigenvalue weighted by Crippen LogP contribution is -2.26. The van der Waals surface area contributed by atoms with E-state index >= 15 is 0 Å². The summed E-state index contributed by atoms with van der Waals surface area (Å²) in [6.07, 6.45) is 4.95. The summed E-state index contributed by atoms with van der Waals surface area (Å²) < 4.78 is 0. The highest BCUT2D eigenvalue weighted by Gasteiger charge is 2.45. The fourth-order valence-electron chi connectivity index (χ4n) is 2.67. The van der Waals surface area contributed by atoms with Gasteiger partial charge in [0.25, 0.3) is 0 Å². The summed E-state index contributed by atoms with van der Waals surface area (Å²) in [5, 5.41) is 3.06. The monoisotopic (exact) mass is 280 g/mol. The van der Waals surface area contributed by atoms with Gasteiger partial charge < -0.3 is 11.1 Å². The molecule has 4 heteroatoms. The second-order valence-corrected chi connectivity index (χ2v) is 5.59. The Bertz CT molecular complexity index is 426. The van der Waals surface area contributed by atoms with Gasteiger partial charge in [0.2, 0.25) is 5.91 Å². The van der Waals surface area contributed by atoms with Gasteiger partial charge in [0, 0.05) is 18.2 Å². The Labute approximate surface area is 120 Å². The molecule has 19 heavy (non-hydrogen) atoms. The number of halogens is 1. The molecule has 104 valence electrons. The molecule has 0 aromatic heterocycles. The highest BCUT2D eigenvalue weighted by atomic mass is 35.5. The van der Waals surface area contributed by atoms with Crippen LogP contribution in [-0.4, -0.2) is 5.91 Å². The number of amides is 1. The van der Waals surface area contributed by atoms with Crippen molar-refractivity contribution >= 4 is 24.0 Å². The molecule has 0 radical (unpaired) electrons. The minimum absolute atomic E-state index is 0. The molecule has 0 unspecified atom stereocenters. The van der Waals surface area contributed by atoms with Crippen molar-refractivity contribution in [1.29, 1.82) is 0 Å². The maximum atomic E-state index is 12.3. The molecule has 1 aromatic rings. The van der Waals surface area contributed by atoms with Crippen LogP contribution in [0.1, 0.15) is 31.2 Å². The quantitative estimate of drug-likeness (QED) is 0.871. The lowest BCUT2D eigenvalue weighted by atomic mass is 9.97. The normalized spacial score (nSPS) is 18.0. The molecule has 1 amide bonds. The van der Waals surface area contributed by atoms with Crippen molar-refractivity contribution < 1.29 is 4.79 Å². The molecule has 3 nitrogen and oxygen atoms in total. The number of carbonyl (C=O) groups is 1. The standard InChI is InChI=1S/C15H20N2O.ClH/c16-9-10-1-7-13(8-2-10)17-15(18)14(11-3-4-11)12-5-6-12;/h1-2,7-8,11-12,14H,3-6,9,16H2,(H,17,18);1H. The van der Waals surface area contributed by atoms with E-state index in [4.69, 9.17) is 5.73 Å². The topological polar surface area (TPSA) is 55.1 Å². The first-order valence-corrected chi connectivity index (χ1v) is 6.88. The zero-order chi connectivity index (χ0) is 12.5. The summed E-state index contributed by atoms with van der Waals surface area (Å²) >= 11 is 0. The first-order valence-electron chi connectivity index (χ1n) is 6.88. The third-order valence-electron chi connectivity index (χ3n) is 4.02. The van der Waals surface area contributed by atoms with Crippen molar-refractivity contribution in [2.75, 3.05) is 5.32 Å². The van der Waals surface area contributed by atoms with Crippen LogP contribution in [0, 0.1) is 17.8 Å². The minimum atomic E-state index is 0. The predicted molar refractivity (Wildman–Crippen MR) is 79.1 cm³/mol. The van der Waals surface area contributed by atoms with Crippen LogP contribution >= 0.6 is 12.4 Å². The Hall–Kier alpha value is -1.06. The number of anilines is 1. The lowest BCUT2D eigenvalue weighted by Gasteiger charge is -2.15. The number of rotatable bonds is 5. The van der Waals surface area contributed by atoms with Gasteiger partial charge in [0.05, 0.1) is 0 Å². The van der Waals surface area contributed by atoms with Crippen LogP contribution in [0.4, 0.5) is 5.69 Å². The summed E-state index contributed by atoms with van der Waals surface area (Å²) in [6.45, 7) is 0.543. The van der Waals surface area contributed by atoms with E-state index in [0.717, 1.165) is 11.3 Å². The Morgan fingerprint density at radius 1 is 1.16 bits per heavy atom. The van der Waals surface area contributed by atoms with Crippen molar-refractivity contribution in [3.8, 4) is 0 Å². The van der Waals surface area contributed by atoms with Gasteiger partial charge in [0.1, 0.15) is 0 Å². The van der Waals surface area contributed by atoms with Gasteiger partial charge in [-0.2, -0.15) is 0 Å². The smallest absolute Gasteiger partial charge is 0.228 e. The van der Waals surface area contributed by atoms with E-state index in [-0.39, 0.29) is 24.2 Å². The maximum absolute atomic E-state index is 12.3. The zero-order valence-corrected chi connectivity index (χ0v) is 11.8. The van der Waals surface area contributed by atoms with Crippen molar-refractivity contribution in [3.05, 3.63) is 29.8 Å². The van der Waals surface area contributed by atoms with Crippen LogP contribution < -0.4 is 11.1 Å². The van der Waals surface area contributed by atoms with Crippen LogP contribution in [0.5, 0.6) is 0 Å². The number of hydrogen-bond acceptors (Lipinski definition) is 2. The average Bonchev–Trinajstić information content (AvgIpc) is 3.24. The second kappa shape index (κ2) is 5.93. The van der Waals surface area contributed by atoms with E-state index in [9.17, 15) is 4.79 Å². The van der Waals surface area contributed by atoms with Crippen molar-refractivity contribution in [3.63, 3.8) is 0 Å². The molecule has 3 rings (SSSR count). The van der Waals surface area contributed by atoms with E-state index in [0.29, 0.717) is 18.4 Å². The van der Waals surface area contributed by atoms with Crippen LogP contribution in [0.15, 0.2) is 24.3 Å². The van der Waals surface area contributed by atoms with Gasteiger partial charge in [0.15, 0.2) is 0 Å². The number of benzene rings is 1. The van der Waals surface area contributed by atoms with Crippen LogP contribution in [-0.2, 0) is 11.3 Å². The van der Waals surface area contributed by atoms with Gasteiger partial charge >= 0.3 is 0 Å². The molecule has 0 aliphatic heterocycles. The van der Waals surface area contributed by atoms with Crippen molar-refractivity contribution in [1.82, 2.24) is 0 Å². The largest absolute Gasteiger partial charge is 0.326 e. The molecule has 0 heterocycles. The molecule has 2 aliphatic carbocycles. The summed E-state index contributed by atoms with van der Waals surface area (Å²) in [5.41, 5.74) is 7.54. The maximum Gasteiger partial charge on any atom is 0.228 e. The van der Waals surface area contributed by atoms with Gasteiger partial charge in [-0.1, -0.05) is 12.1 Å². The van der Waals surface area contributed by atoms with E-state index in [1.54, 1.807) is 0 Å². The Morgan fingerprint density at radius 3 is 2.11 bits per heavy atom. The summed E-state index contributed by atoms with van der Waals surface area (Å²) in [6, 6.07) is 7.83. The minimum Gasteiger partial charge on any atom is -0.326 e. The van der Waals surface area contributed by atoms with Crippen LogP contribution in [0.2, 0.25) is 0 Å². The molecule has 1 aromatic carbocycles. The number of carbonyl (C=O) groups excluding carboxylic acids is 1. The fourth-order valence-corrected chi connectivity index (χ4v) is 2.67. The Balaban J connectivity index is 0.00000133. The lowest BCUT2D eigenvalue weighted by molar-refractivity contribution is -0.121. The van der Waals surface area contributed by atoms with E-state index < -0.39 is 0 Å². The van der Waals surface area contributed by atoms with Crippen molar-refractivity contribution in [2.45, 2.75) is 32.2 Å². The fraction of sp³-hybridized carbons (Fsp3) is 0.533. The molecule has 2 aliphatic rings. The van der Waals surface area contributed by atoms with Gasteiger partial charge in [-0.25, -0.2) is 0 Å². The number of hydrogen-bond donors (Lipinski definition) is 2. The molecular weight excluding hydrogens is 260 g/mol. The molecular formula is C15H21ClN2O. The molecule has 0 spiro atoms. The SMILES string of the molecule is Cl.NCc1ccc(NC(=O)C(C2CC2)C2CC2)cc1. The second-order valence-electron chi connectivity index (χ2n) is 5.59.